The number of benzene rings is 2. The van der Waals surface area contributed by atoms with Gasteiger partial charge in [-0.1, -0.05) is 29.4 Å². The minimum atomic E-state index is -4.78. The highest BCUT2D eigenvalue weighted by molar-refractivity contribution is 5.98. The summed E-state index contributed by atoms with van der Waals surface area (Å²) in [5, 5.41) is 11.7. The van der Waals surface area contributed by atoms with Crippen LogP contribution in [0.15, 0.2) is 52.4 Å². The van der Waals surface area contributed by atoms with Gasteiger partial charge in [0.05, 0.1) is 11.4 Å². The monoisotopic (exact) mass is 447 g/mol. The smallest absolute Gasteiger partial charge is 0.406 e. The molecule has 0 spiro atoms. The summed E-state index contributed by atoms with van der Waals surface area (Å²) in [6.45, 7) is 1.68. The maximum atomic E-state index is 12.5. The van der Waals surface area contributed by atoms with E-state index in [2.05, 4.69) is 20.3 Å². The van der Waals surface area contributed by atoms with Gasteiger partial charge in [0.25, 0.3) is 0 Å². The fraction of sp³-hybridized carbons (Fsp3) is 0.333. The van der Waals surface area contributed by atoms with Crippen molar-refractivity contribution in [3.8, 4) is 11.4 Å². The van der Waals surface area contributed by atoms with Gasteiger partial charge in [0, 0.05) is 18.2 Å². The van der Waals surface area contributed by atoms with Gasteiger partial charge in [0.2, 0.25) is 0 Å². The third kappa shape index (κ3) is 4.82. The second kappa shape index (κ2) is 8.48. The van der Waals surface area contributed by atoms with Crippen LogP contribution in [0, 0.1) is 0 Å². The number of ether oxygens (including phenoxy) is 1. The molecule has 0 atom stereocenters. The van der Waals surface area contributed by atoms with Crippen LogP contribution in [0.25, 0.3) is 5.69 Å². The van der Waals surface area contributed by atoms with Crippen LogP contribution >= 0.6 is 0 Å². The molecule has 1 aliphatic rings. The molecule has 32 heavy (non-hydrogen) atoms. The summed E-state index contributed by atoms with van der Waals surface area (Å²) in [5.74, 6) is 0.0372. The topological polar surface area (TPSA) is 83.5 Å². The maximum absolute atomic E-state index is 12.5. The Morgan fingerprint density at radius 1 is 1.19 bits per heavy atom. The molecule has 0 radical (unpaired) electrons. The van der Waals surface area contributed by atoms with Crippen LogP contribution in [0.5, 0.6) is 5.75 Å². The van der Waals surface area contributed by atoms with Crippen molar-refractivity contribution in [1.82, 2.24) is 19.8 Å². The van der Waals surface area contributed by atoms with Crippen LogP contribution < -0.4 is 10.4 Å². The van der Waals surface area contributed by atoms with Crippen molar-refractivity contribution < 1.29 is 22.7 Å². The van der Waals surface area contributed by atoms with Crippen LogP contribution in [-0.4, -0.2) is 31.9 Å². The molecule has 1 saturated carbocycles. The molecule has 11 heteroatoms. The van der Waals surface area contributed by atoms with E-state index in [0.717, 1.165) is 28.7 Å². The van der Waals surface area contributed by atoms with Gasteiger partial charge < -0.3 is 9.57 Å². The average Bonchev–Trinajstić information content (AvgIpc) is 3.53. The SMILES string of the molecule is CC(=NOCc1c(C2CC2)cccc1-n1nnn(C)c1=O)c1cccc(OC(F)(F)F)c1. The number of hydrogen-bond donors (Lipinski definition) is 0. The number of rotatable bonds is 7. The number of tetrazole rings is 1. The summed E-state index contributed by atoms with van der Waals surface area (Å²) in [7, 11) is 1.51. The van der Waals surface area contributed by atoms with Gasteiger partial charge in [-0.15, -0.1) is 13.2 Å². The van der Waals surface area contributed by atoms with Gasteiger partial charge in [-0.2, -0.15) is 9.36 Å². The highest BCUT2D eigenvalue weighted by Gasteiger charge is 2.31. The lowest BCUT2D eigenvalue weighted by Gasteiger charge is -2.13. The zero-order valence-electron chi connectivity index (χ0n) is 17.3. The molecule has 1 fully saturated rings. The first kappa shape index (κ1) is 21.6. The highest BCUT2D eigenvalue weighted by Crippen LogP contribution is 2.43. The van der Waals surface area contributed by atoms with Gasteiger partial charge in [0.1, 0.15) is 12.4 Å². The van der Waals surface area contributed by atoms with E-state index in [0.29, 0.717) is 22.9 Å². The summed E-state index contributed by atoms with van der Waals surface area (Å²) in [6.07, 6.45) is -2.69. The van der Waals surface area contributed by atoms with E-state index in [1.165, 1.54) is 29.9 Å². The van der Waals surface area contributed by atoms with Gasteiger partial charge in [-0.3, -0.25) is 0 Å². The van der Waals surface area contributed by atoms with Gasteiger partial charge in [-0.05, 0) is 59.9 Å². The molecule has 0 N–H and O–H groups in total. The normalized spacial score (nSPS) is 14.5. The molecule has 0 bridgehead atoms. The average molecular weight is 447 g/mol. The molecule has 2 aromatic carbocycles. The molecule has 1 aliphatic carbocycles. The second-order valence-corrected chi connectivity index (χ2v) is 7.44. The molecule has 8 nitrogen and oxygen atoms in total. The third-order valence-electron chi connectivity index (χ3n) is 5.05. The van der Waals surface area contributed by atoms with Crippen LogP contribution in [0.3, 0.4) is 0 Å². The molecule has 3 aromatic rings. The van der Waals surface area contributed by atoms with E-state index in [-0.39, 0.29) is 18.0 Å². The lowest BCUT2D eigenvalue weighted by Crippen LogP contribution is -2.23. The van der Waals surface area contributed by atoms with Crippen LogP contribution in [0.1, 0.15) is 42.4 Å². The summed E-state index contributed by atoms with van der Waals surface area (Å²) >= 11 is 0. The summed E-state index contributed by atoms with van der Waals surface area (Å²) in [6, 6.07) is 11.1. The minimum absolute atomic E-state index is 0.0566. The molecule has 1 aromatic heterocycles. The van der Waals surface area contributed by atoms with Gasteiger partial charge in [-0.25, -0.2) is 4.79 Å². The Balaban J connectivity index is 1.58. The number of aromatic nitrogens is 4. The van der Waals surface area contributed by atoms with Crippen molar-refractivity contribution in [1.29, 1.82) is 0 Å². The molecule has 1 heterocycles. The van der Waals surface area contributed by atoms with Gasteiger partial charge >= 0.3 is 12.1 Å². The van der Waals surface area contributed by atoms with E-state index in [9.17, 15) is 18.0 Å². The van der Waals surface area contributed by atoms with Crippen molar-refractivity contribution in [2.45, 2.75) is 38.7 Å². The van der Waals surface area contributed by atoms with Crippen molar-refractivity contribution >= 4 is 5.71 Å². The second-order valence-electron chi connectivity index (χ2n) is 7.44. The zero-order valence-corrected chi connectivity index (χ0v) is 17.3. The standard InChI is InChI=1S/C21H20F3N5O3/c1-13(15-5-3-6-16(11-15)32-21(22,23)24)25-31-12-18-17(14-9-10-14)7-4-8-19(18)29-20(30)28(2)26-27-29/h3-8,11,14H,9-10,12H2,1-2H3. The number of hydrogen-bond acceptors (Lipinski definition) is 6. The van der Waals surface area contributed by atoms with Crippen molar-refractivity contribution in [3.63, 3.8) is 0 Å². The fourth-order valence-corrected chi connectivity index (χ4v) is 3.35. The minimum Gasteiger partial charge on any atom is -0.406 e. The predicted molar refractivity (Wildman–Crippen MR) is 109 cm³/mol. The summed E-state index contributed by atoms with van der Waals surface area (Å²) in [5.41, 5.74) is 2.78. The zero-order chi connectivity index (χ0) is 22.9. The lowest BCUT2D eigenvalue weighted by molar-refractivity contribution is -0.274. The number of oxime groups is 1. The molecule has 168 valence electrons. The molecule has 0 saturated heterocycles. The molecule has 0 unspecified atom stereocenters. The molecule has 0 amide bonds. The Hall–Kier alpha value is -3.63. The molecule has 4 rings (SSSR count). The van der Waals surface area contributed by atoms with Crippen LogP contribution in [0.4, 0.5) is 13.2 Å². The van der Waals surface area contributed by atoms with Crippen molar-refractivity contribution in [2.24, 2.45) is 12.2 Å². The Kier molecular flexibility index (Phi) is 5.72. The first-order valence-corrected chi connectivity index (χ1v) is 9.87. The van der Waals surface area contributed by atoms with E-state index in [1.807, 2.05) is 12.1 Å². The highest BCUT2D eigenvalue weighted by atomic mass is 19.4. The van der Waals surface area contributed by atoms with E-state index >= 15 is 0 Å². The Morgan fingerprint density at radius 3 is 2.59 bits per heavy atom. The molecule has 0 aliphatic heterocycles. The van der Waals surface area contributed by atoms with Crippen LogP contribution in [0.2, 0.25) is 0 Å². The predicted octanol–water partition coefficient (Wildman–Crippen LogP) is 3.68. The Bertz CT molecular complexity index is 1210. The molecular formula is C21H20F3N5O3. The van der Waals surface area contributed by atoms with E-state index in [1.54, 1.807) is 19.1 Å². The quantitative estimate of drug-likeness (QED) is 0.408. The van der Waals surface area contributed by atoms with Crippen LogP contribution in [-0.2, 0) is 18.5 Å². The van der Waals surface area contributed by atoms with Crippen molar-refractivity contribution in [2.75, 3.05) is 0 Å². The fourth-order valence-electron chi connectivity index (χ4n) is 3.35. The first-order chi connectivity index (χ1) is 15.2. The number of nitrogens with zero attached hydrogens (tertiary/aromatic N) is 5. The lowest BCUT2D eigenvalue weighted by atomic mass is 10.0. The Labute approximate surface area is 180 Å². The number of aryl methyl sites for hydroxylation is 1. The summed E-state index contributed by atoms with van der Waals surface area (Å²) in [4.78, 5) is 17.9. The van der Waals surface area contributed by atoms with E-state index in [4.69, 9.17) is 4.84 Å². The van der Waals surface area contributed by atoms with E-state index < -0.39 is 6.36 Å². The first-order valence-electron chi connectivity index (χ1n) is 9.87. The number of alkyl halides is 3. The van der Waals surface area contributed by atoms with Gasteiger partial charge in [0.15, 0.2) is 0 Å². The summed E-state index contributed by atoms with van der Waals surface area (Å²) < 4.78 is 43.7. The largest absolute Gasteiger partial charge is 0.573 e. The third-order valence-corrected chi connectivity index (χ3v) is 5.05. The maximum Gasteiger partial charge on any atom is 0.573 e. The number of halogens is 3. The van der Waals surface area contributed by atoms with Crippen molar-refractivity contribution in [3.05, 3.63) is 69.6 Å². The Morgan fingerprint density at radius 2 is 1.94 bits per heavy atom. The molecular weight excluding hydrogens is 427 g/mol.